The number of fused-ring (bicyclic) bond motifs is 1. The van der Waals surface area contributed by atoms with Gasteiger partial charge in [0.2, 0.25) is 12.7 Å². The second-order valence-corrected chi connectivity index (χ2v) is 11.2. The van der Waals surface area contributed by atoms with Crippen molar-refractivity contribution in [2.75, 3.05) is 17.0 Å². The number of aryl methyl sites for hydroxylation is 2. The number of amides is 1. The van der Waals surface area contributed by atoms with Gasteiger partial charge in [0.25, 0.3) is 0 Å². The van der Waals surface area contributed by atoms with E-state index in [0.717, 1.165) is 56.8 Å². The molecule has 2 aromatic carbocycles. The van der Waals surface area contributed by atoms with Crippen LogP contribution in [0.25, 0.3) is 5.69 Å². The Labute approximate surface area is 245 Å². The van der Waals surface area contributed by atoms with Gasteiger partial charge in [0, 0.05) is 46.6 Å². The lowest BCUT2D eigenvalue weighted by Gasteiger charge is -2.29. The molecule has 4 aromatic rings. The summed E-state index contributed by atoms with van der Waals surface area (Å²) < 4.78 is 13.4. The molecule has 1 fully saturated rings. The zero-order valence-electron chi connectivity index (χ0n) is 23.8. The lowest BCUT2D eigenvalue weighted by molar-refractivity contribution is -0.118. The fourth-order valence-electron chi connectivity index (χ4n) is 5.67. The number of ether oxygens (including phenoxy) is 2. The first-order valence-electron chi connectivity index (χ1n) is 13.7. The number of carbonyl (C=O) groups is 1. The van der Waals surface area contributed by atoms with Crippen LogP contribution in [0.4, 0.5) is 11.4 Å². The Morgan fingerprint density at radius 3 is 2.54 bits per heavy atom. The van der Waals surface area contributed by atoms with Crippen LogP contribution in [0.5, 0.6) is 11.5 Å². The van der Waals surface area contributed by atoms with E-state index >= 15 is 0 Å². The van der Waals surface area contributed by atoms with Crippen molar-refractivity contribution in [3.63, 3.8) is 0 Å². The van der Waals surface area contributed by atoms with Gasteiger partial charge < -0.3 is 29.6 Å². The van der Waals surface area contributed by atoms with E-state index < -0.39 is 0 Å². The van der Waals surface area contributed by atoms with E-state index in [-0.39, 0.29) is 30.7 Å². The first kappa shape index (κ1) is 26.8. The van der Waals surface area contributed by atoms with Crippen LogP contribution >= 0.6 is 12.2 Å². The van der Waals surface area contributed by atoms with Crippen LogP contribution in [0, 0.1) is 26.7 Å². The number of pyridine rings is 1. The molecular weight excluding hydrogens is 534 g/mol. The largest absolute Gasteiger partial charge is 0.454 e. The first-order valence-corrected chi connectivity index (χ1v) is 14.1. The van der Waals surface area contributed by atoms with Crippen LogP contribution in [0.3, 0.4) is 0 Å². The van der Waals surface area contributed by atoms with E-state index in [1.807, 2.05) is 69.4 Å². The molecule has 41 heavy (non-hydrogen) atoms. The van der Waals surface area contributed by atoms with E-state index in [1.165, 1.54) is 0 Å². The topological polar surface area (TPSA) is 80.7 Å². The van der Waals surface area contributed by atoms with E-state index in [0.29, 0.717) is 5.11 Å². The van der Waals surface area contributed by atoms with Crippen molar-refractivity contribution in [3.8, 4) is 17.2 Å². The summed E-state index contributed by atoms with van der Waals surface area (Å²) in [6.45, 7) is 10.3. The lowest BCUT2D eigenvalue weighted by atomic mass is 9.96. The third kappa shape index (κ3) is 4.80. The number of carbonyl (C=O) groups excluding carboxylic acids is 1. The maximum absolute atomic E-state index is 12.4. The van der Waals surface area contributed by atoms with Crippen molar-refractivity contribution in [1.29, 1.82) is 0 Å². The number of nitrogens with zero attached hydrogens (tertiary/aromatic N) is 3. The number of rotatable bonds is 6. The molecule has 0 aliphatic carbocycles. The summed E-state index contributed by atoms with van der Waals surface area (Å²) in [4.78, 5) is 19.2. The van der Waals surface area contributed by atoms with Crippen LogP contribution in [-0.4, -0.2) is 27.4 Å². The summed E-state index contributed by atoms with van der Waals surface area (Å²) in [5.41, 5.74) is 7.95. The molecule has 9 heteroatoms. The van der Waals surface area contributed by atoms with Crippen molar-refractivity contribution < 1.29 is 14.3 Å². The summed E-state index contributed by atoms with van der Waals surface area (Å²) in [6, 6.07) is 19.9. The maximum atomic E-state index is 12.4. The number of thiocarbonyl (C=S) groups is 1. The Kier molecular flexibility index (Phi) is 6.91. The number of benzene rings is 2. The third-order valence-corrected chi connectivity index (χ3v) is 8.09. The number of hydrogen-bond acceptors (Lipinski definition) is 5. The van der Waals surface area contributed by atoms with E-state index in [1.54, 1.807) is 0 Å². The Balaban J connectivity index is 1.44. The molecule has 1 saturated heterocycles. The van der Waals surface area contributed by atoms with Crippen LogP contribution in [0.15, 0.2) is 66.9 Å². The van der Waals surface area contributed by atoms with Gasteiger partial charge in [0.15, 0.2) is 16.6 Å². The molecule has 8 nitrogen and oxygen atoms in total. The fraction of sp³-hybridized carbons (Fsp3) is 0.281. The van der Waals surface area contributed by atoms with Gasteiger partial charge in [0.05, 0.1) is 17.8 Å². The molecule has 1 amide bonds. The predicted octanol–water partition coefficient (Wildman–Crippen LogP) is 6.30. The summed E-state index contributed by atoms with van der Waals surface area (Å²) in [6.07, 6.45) is 1.81. The quantitative estimate of drug-likeness (QED) is 0.265. The SMILES string of the molecule is Cc1cc(N2C(=S)NC(c3ccccn3)C2c2cc(C)n(-c3ccc4c(c3)OCO4)c2C)ccc1NC(=O)C(C)C. The first-order chi connectivity index (χ1) is 19.7. The van der Waals surface area contributed by atoms with Crippen molar-refractivity contribution in [2.24, 2.45) is 5.92 Å². The number of hydrogen-bond donors (Lipinski definition) is 2. The zero-order chi connectivity index (χ0) is 28.8. The van der Waals surface area contributed by atoms with Crippen LogP contribution in [-0.2, 0) is 4.79 Å². The molecule has 0 radical (unpaired) electrons. The van der Waals surface area contributed by atoms with Gasteiger partial charge in [-0.05, 0) is 92.6 Å². The summed E-state index contributed by atoms with van der Waals surface area (Å²) in [5, 5.41) is 7.21. The molecule has 0 saturated carbocycles. The molecule has 4 heterocycles. The summed E-state index contributed by atoms with van der Waals surface area (Å²) in [7, 11) is 0. The molecule has 2 aliphatic rings. The molecule has 0 spiro atoms. The second kappa shape index (κ2) is 10.6. The molecule has 0 bridgehead atoms. The number of nitrogens with one attached hydrogen (secondary N) is 2. The standard InChI is InChI=1S/C32H33N5O3S/c1-18(2)31(38)34-25-11-9-22(14-19(25)3)37-30(29(35-32(37)41)26-8-6-7-13-33-26)24-15-20(4)36(21(24)5)23-10-12-27-28(16-23)40-17-39-27/h6-16,18,29-30H,17H2,1-5H3,(H,34,38)(H,35,41). The third-order valence-electron chi connectivity index (χ3n) is 7.77. The van der Waals surface area contributed by atoms with Crippen LogP contribution < -0.4 is 25.0 Å². The van der Waals surface area contributed by atoms with Gasteiger partial charge in [-0.3, -0.25) is 9.78 Å². The predicted molar refractivity (Wildman–Crippen MR) is 164 cm³/mol. The highest BCUT2D eigenvalue weighted by molar-refractivity contribution is 7.80. The Hall–Kier alpha value is -4.37. The van der Waals surface area contributed by atoms with Gasteiger partial charge in [-0.15, -0.1) is 0 Å². The Bertz CT molecular complexity index is 1650. The van der Waals surface area contributed by atoms with Crippen LogP contribution in [0.1, 0.15) is 54.1 Å². The monoisotopic (exact) mass is 567 g/mol. The molecule has 2 aliphatic heterocycles. The van der Waals surface area contributed by atoms with Crippen molar-refractivity contribution in [3.05, 3.63) is 95.1 Å². The number of aromatic nitrogens is 2. The van der Waals surface area contributed by atoms with Gasteiger partial charge in [-0.25, -0.2) is 0 Å². The summed E-state index contributed by atoms with van der Waals surface area (Å²) in [5.74, 6) is 1.39. The minimum absolute atomic E-state index is 0.0109. The van der Waals surface area contributed by atoms with Gasteiger partial charge in [-0.1, -0.05) is 19.9 Å². The maximum Gasteiger partial charge on any atom is 0.231 e. The highest BCUT2D eigenvalue weighted by Crippen LogP contribution is 2.45. The minimum Gasteiger partial charge on any atom is -0.454 e. The normalized spacial score (nSPS) is 17.7. The number of anilines is 2. The average molecular weight is 568 g/mol. The molecule has 2 atom stereocenters. The molecule has 2 unspecified atom stereocenters. The molecule has 2 N–H and O–H groups in total. The fourth-order valence-corrected chi connectivity index (χ4v) is 6.02. The average Bonchev–Trinajstić information content (AvgIpc) is 3.64. The molecule has 210 valence electrons. The van der Waals surface area contributed by atoms with Gasteiger partial charge in [-0.2, -0.15) is 0 Å². The molecular formula is C32H33N5O3S. The van der Waals surface area contributed by atoms with Gasteiger partial charge >= 0.3 is 0 Å². The highest BCUT2D eigenvalue weighted by Gasteiger charge is 2.42. The van der Waals surface area contributed by atoms with Crippen molar-refractivity contribution in [2.45, 2.75) is 46.7 Å². The minimum atomic E-state index is -0.171. The Morgan fingerprint density at radius 1 is 1.02 bits per heavy atom. The lowest BCUT2D eigenvalue weighted by Crippen LogP contribution is -2.29. The van der Waals surface area contributed by atoms with Crippen LogP contribution in [0.2, 0.25) is 0 Å². The zero-order valence-corrected chi connectivity index (χ0v) is 24.6. The molecule has 6 rings (SSSR count). The smallest absolute Gasteiger partial charge is 0.231 e. The van der Waals surface area contributed by atoms with E-state index in [2.05, 4.69) is 52.1 Å². The van der Waals surface area contributed by atoms with Crippen molar-refractivity contribution in [1.82, 2.24) is 14.9 Å². The van der Waals surface area contributed by atoms with Gasteiger partial charge in [0.1, 0.15) is 0 Å². The van der Waals surface area contributed by atoms with E-state index in [9.17, 15) is 4.79 Å². The van der Waals surface area contributed by atoms with Crippen molar-refractivity contribution >= 4 is 34.6 Å². The second-order valence-electron chi connectivity index (χ2n) is 10.8. The molecule has 2 aromatic heterocycles. The Morgan fingerprint density at radius 2 is 1.80 bits per heavy atom. The van der Waals surface area contributed by atoms with E-state index in [4.69, 9.17) is 26.7 Å². The highest BCUT2D eigenvalue weighted by atomic mass is 32.1. The summed E-state index contributed by atoms with van der Waals surface area (Å²) >= 11 is 5.97.